The average molecular weight is 245 g/mol. The first-order chi connectivity index (χ1) is 8.69. The molecule has 0 unspecified atom stereocenters. The van der Waals surface area contributed by atoms with Gasteiger partial charge in [-0.15, -0.1) is 0 Å². The van der Waals surface area contributed by atoms with Crippen LogP contribution < -0.4 is 10.9 Å². The van der Waals surface area contributed by atoms with Crippen LogP contribution in [-0.2, 0) is 6.54 Å². The topological polar surface area (TPSA) is 72.7 Å². The number of hydrogen-bond acceptors (Lipinski definition) is 5. The third-order valence-corrected chi connectivity index (χ3v) is 2.41. The first kappa shape index (κ1) is 12.2. The van der Waals surface area contributed by atoms with Crippen molar-refractivity contribution in [2.24, 2.45) is 0 Å². The Morgan fingerprint density at radius 3 is 2.72 bits per heavy atom. The maximum atomic E-state index is 11.7. The molecule has 6 nitrogen and oxygen atoms in total. The molecule has 2 rings (SSSR count). The molecule has 0 radical (unpaired) electrons. The highest BCUT2D eigenvalue weighted by atomic mass is 16.1. The van der Waals surface area contributed by atoms with Gasteiger partial charge in [0, 0.05) is 18.3 Å². The van der Waals surface area contributed by atoms with Gasteiger partial charge >= 0.3 is 0 Å². The lowest BCUT2D eigenvalue weighted by Gasteiger charge is -2.05. The van der Waals surface area contributed by atoms with E-state index in [-0.39, 0.29) is 5.56 Å². The van der Waals surface area contributed by atoms with Crippen LogP contribution in [0.3, 0.4) is 0 Å². The van der Waals surface area contributed by atoms with E-state index in [4.69, 9.17) is 0 Å². The number of aromatic nitrogens is 4. The van der Waals surface area contributed by atoms with Gasteiger partial charge in [-0.05, 0) is 13.8 Å². The molecule has 6 heteroatoms. The number of rotatable bonds is 4. The molecule has 94 valence electrons. The number of hydrogen-bond donors (Lipinski definition) is 1. The van der Waals surface area contributed by atoms with Gasteiger partial charge in [0.15, 0.2) is 0 Å². The molecule has 0 aliphatic carbocycles. The molecule has 18 heavy (non-hydrogen) atoms. The number of nitrogens with one attached hydrogen (secondary N) is 1. The normalized spacial score (nSPS) is 10.3. The van der Waals surface area contributed by atoms with Gasteiger partial charge in [-0.2, -0.15) is 0 Å². The molecule has 2 aromatic heterocycles. The first-order valence-electron chi connectivity index (χ1n) is 5.77. The largest absolute Gasteiger partial charge is 0.369 e. The zero-order valence-corrected chi connectivity index (χ0v) is 10.4. The summed E-state index contributed by atoms with van der Waals surface area (Å²) < 4.78 is 1.50. The van der Waals surface area contributed by atoms with E-state index < -0.39 is 0 Å². The second kappa shape index (κ2) is 5.39. The SMILES string of the molecule is CCNc1cnc(Cn2cnc(C)cc2=O)cn1. The Kier molecular flexibility index (Phi) is 3.66. The molecule has 2 heterocycles. The summed E-state index contributed by atoms with van der Waals surface area (Å²) >= 11 is 0. The van der Waals surface area contributed by atoms with E-state index in [1.807, 2.05) is 6.92 Å². The molecule has 2 aromatic rings. The van der Waals surface area contributed by atoms with Crippen molar-refractivity contribution in [1.29, 1.82) is 0 Å². The third kappa shape index (κ3) is 2.91. The average Bonchev–Trinajstić information content (AvgIpc) is 2.35. The van der Waals surface area contributed by atoms with Crippen LogP contribution in [-0.4, -0.2) is 26.1 Å². The monoisotopic (exact) mass is 245 g/mol. The van der Waals surface area contributed by atoms with Crippen molar-refractivity contribution in [2.45, 2.75) is 20.4 Å². The summed E-state index contributed by atoms with van der Waals surface area (Å²) in [5.41, 5.74) is 1.36. The predicted octanol–water partition coefficient (Wildman–Crippen LogP) is 0.822. The summed E-state index contributed by atoms with van der Waals surface area (Å²) in [4.78, 5) is 24.2. The van der Waals surface area contributed by atoms with E-state index in [0.717, 1.165) is 18.1 Å². The fourth-order valence-electron chi connectivity index (χ4n) is 1.52. The van der Waals surface area contributed by atoms with Crippen molar-refractivity contribution >= 4 is 5.82 Å². The summed E-state index contributed by atoms with van der Waals surface area (Å²) in [7, 11) is 0. The van der Waals surface area contributed by atoms with Gasteiger partial charge in [-0.25, -0.2) is 9.97 Å². The van der Waals surface area contributed by atoms with E-state index in [0.29, 0.717) is 12.2 Å². The van der Waals surface area contributed by atoms with E-state index >= 15 is 0 Å². The van der Waals surface area contributed by atoms with Crippen LogP contribution in [0.4, 0.5) is 5.82 Å². The second-order valence-electron chi connectivity index (χ2n) is 3.92. The molecule has 0 bridgehead atoms. The standard InChI is InChI=1S/C12H15N5O/c1-3-13-11-6-14-10(5-15-11)7-17-8-16-9(2)4-12(17)18/h4-6,8H,3,7H2,1-2H3,(H,13,15). The second-order valence-corrected chi connectivity index (χ2v) is 3.92. The quantitative estimate of drug-likeness (QED) is 0.863. The summed E-state index contributed by atoms with van der Waals surface area (Å²) in [6.45, 7) is 4.96. The lowest BCUT2D eigenvalue weighted by atomic mass is 10.4. The Morgan fingerprint density at radius 1 is 1.28 bits per heavy atom. The maximum absolute atomic E-state index is 11.7. The Hall–Kier alpha value is -2.24. The van der Waals surface area contributed by atoms with Gasteiger partial charge in [0.25, 0.3) is 5.56 Å². The minimum absolute atomic E-state index is 0.0833. The molecule has 0 aromatic carbocycles. The molecular formula is C12H15N5O. The van der Waals surface area contributed by atoms with Crippen LogP contribution >= 0.6 is 0 Å². The van der Waals surface area contributed by atoms with Gasteiger partial charge in [0.1, 0.15) is 5.82 Å². The molecule has 0 spiro atoms. The van der Waals surface area contributed by atoms with Gasteiger partial charge < -0.3 is 5.32 Å². The van der Waals surface area contributed by atoms with Crippen molar-refractivity contribution in [3.63, 3.8) is 0 Å². The van der Waals surface area contributed by atoms with Crippen molar-refractivity contribution in [2.75, 3.05) is 11.9 Å². The van der Waals surface area contributed by atoms with Crippen LogP contribution in [0, 0.1) is 6.92 Å². The van der Waals surface area contributed by atoms with Gasteiger partial charge in [-0.3, -0.25) is 14.3 Å². The minimum Gasteiger partial charge on any atom is -0.369 e. The Balaban J connectivity index is 2.16. The van der Waals surface area contributed by atoms with Crippen molar-refractivity contribution in [3.05, 3.63) is 46.5 Å². The van der Waals surface area contributed by atoms with Crippen LogP contribution in [0.25, 0.3) is 0 Å². The zero-order valence-electron chi connectivity index (χ0n) is 10.4. The van der Waals surface area contributed by atoms with Crippen LogP contribution in [0.1, 0.15) is 18.3 Å². The van der Waals surface area contributed by atoms with E-state index in [1.165, 1.54) is 17.0 Å². The highest BCUT2D eigenvalue weighted by molar-refractivity contribution is 5.30. The van der Waals surface area contributed by atoms with Gasteiger partial charge in [0.05, 0.1) is 31.0 Å². The molecule has 0 amide bonds. The molecule has 0 saturated heterocycles. The Labute approximate surface area is 105 Å². The maximum Gasteiger partial charge on any atom is 0.253 e. The van der Waals surface area contributed by atoms with E-state index in [2.05, 4.69) is 20.3 Å². The molecule has 0 aliphatic rings. The van der Waals surface area contributed by atoms with Crippen molar-refractivity contribution in [1.82, 2.24) is 19.5 Å². The summed E-state index contributed by atoms with van der Waals surface area (Å²) in [5.74, 6) is 0.732. The highest BCUT2D eigenvalue weighted by Crippen LogP contribution is 2.01. The number of aryl methyl sites for hydroxylation is 1. The minimum atomic E-state index is -0.0833. The molecule has 1 N–H and O–H groups in total. The number of anilines is 1. The summed E-state index contributed by atoms with van der Waals surface area (Å²) in [5, 5.41) is 3.06. The van der Waals surface area contributed by atoms with Crippen LogP contribution in [0.2, 0.25) is 0 Å². The fraction of sp³-hybridized carbons (Fsp3) is 0.333. The molecule has 0 saturated carbocycles. The lowest BCUT2D eigenvalue weighted by molar-refractivity contribution is 0.710. The molecule has 0 atom stereocenters. The fourth-order valence-corrected chi connectivity index (χ4v) is 1.52. The summed E-state index contributed by atoms with van der Waals surface area (Å²) in [6.07, 6.45) is 4.84. The first-order valence-corrected chi connectivity index (χ1v) is 5.77. The van der Waals surface area contributed by atoms with Crippen LogP contribution in [0.5, 0.6) is 0 Å². The third-order valence-electron chi connectivity index (χ3n) is 2.41. The van der Waals surface area contributed by atoms with Crippen molar-refractivity contribution < 1.29 is 0 Å². The Morgan fingerprint density at radius 2 is 2.11 bits per heavy atom. The smallest absolute Gasteiger partial charge is 0.253 e. The van der Waals surface area contributed by atoms with Crippen LogP contribution in [0.15, 0.2) is 29.6 Å². The van der Waals surface area contributed by atoms with Gasteiger partial charge in [0.2, 0.25) is 0 Å². The zero-order chi connectivity index (χ0) is 13.0. The highest BCUT2D eigenvalue weighted by Gasteiger charge is 2.01. The number of nitrogens with zero attached hydrogens (tertiary/aromatic N) is 4. The lowest BCUT2D eigenvalue weighted by Crippen LogP contribution is -2.21. The predicted molar refractivity (Wildman–Crippen MR) is 68.5 cm³/mol. The molecule has 0 aliphatic heterocycles. The van der Waals surface area contributed by atoms with Crippen molar-refractivity contribution in [3.8, 4) is 0 Å². The molecular weight excluding hydrogens is 230 g/mol. The van der Waals surface area contributed by atoms with Gasteiger partial charge in [-0.1, -0.05) is 0 Å². The molecule has 0 fully saturated rings. The van der Waals surface area contributed by atoms with E-state index in [9.17, 15) is 4.79 Å². The Bertz CT molecular complexity index is 576. The van der Waals surface area contributed by atoms with E-state index in [1.54, 1.807) is 19.3 Å². The summed E-state index contributed by atoms with van der Waals surface area (Å²) in [6, 6.07) is 1.50.